The molecule has 1 rings (SSSR count). The lowest BCUT2D eigenvalue weighted by Gasteiger charge is -2.25. The number of anilines is 1. The first-order valence-electron chi connectivity index (χ1n) is 15.2. The molecular weight excluding hydrogens is 582 g/mol. The van der Waals surface area contributed by atoms with Crippen molar-refractivity contribution >= 4 is 41.3 Å². The van der Waals surface area contributed by atoms with E-state index in [4.69, 9.17) is 16.2 Å². The molecule has 0 radical (unpaired) electrons. The Kier molecular flexibility index (Phi) is 16.6. The second kappa shape index (κ2) is 19.2. The quantitative estimate of drug-likeness (QED) is 0.0922. The molecule has 0 aliphatic carbocycles. The molecule has 6 amide bonds. The Bertz CT molecular complexity index is 1150. The Morgan fingerprint density at radius 2 is 1.51 bits per heavy atom. The number of hydrogen-bond donors (Lipinski definition) is 7. The van der Waals surface area contributed by atoms with Gasteiger partial charge in [0, 0.05) is 32.1 Å². The molecule has 0 bridgehead atoms. The van der Waals surface area contributed by atoms with Crippen LogP contribution in [0.2, 0.25) is 0 Å². The fourth-order valence-electron chi connectivity index (χ4n) is 4.04. The Morgan fingerprint density at radius 3 is 2.07 bits per heavy atom. The molecule has 0 saturated heterocycles. The molecule has 45 heavy (non-hydrogen) atoms. The predicted molar refractivity (Wildman–Crippen MR) is 170 cm³/mol. The van der Waals surface area contributed by atoms with Gasteiger partial charge in [-0.2, -0.15) is 0 Å². The Labute approximate surface area is 265 Å². The van der Waals surface area contributed by atoms with Gasteiger partial charge in [-0.15, -0.1) is 0 Å². The van der Waals surface area contributed by atoms with Crippen LogP contribution in [0.25, 0.3) is 0 Å². The number of ether oxygens (including phenoxy) is 1. The molecule has 0 fully saturated rings. The lowest BCUT2D eigenvalue weighted by Crippen LogP contribution is -2.54. The molecule has 9 N–H and O–H groups in total. The number of hydrogen-bond acceptors (Lipinski definition) is 8. The van der Waals surface area contributed by atoms with Crippen LogP contribution in [0.15, 0.2) is 24.3 Å². The summed E-state index contributed by atoms with van der Waals surface area (Å²) in [6, 6.07) is 3.10. The van der Waals surface area contributed by atoms with E-state index >= 15 is 0 Å². The normalized spacial score (nSPS) is 13.2. The van der Waals surface area contributed by atoms with Crippen molar-refractivity contribution in [1.82, 2.24) is 21.3 Å². The maximum atomic E-state index is 13.3. The van der Waals surface area contributed by atoms with Crippen LogP contribution in [0.4, 0.5) is 10.5 Å². The van der Waals surface area contributed by atoms with E-state index < -0.39 is 47.8 Å². The van der Waals surface area contributed by atoms with Gasteiger partial charge < -0.3 is 42.8 Å². The molecule has 0 aliphatic rings. The average molecular weight is 634 g/mol. The van der Waals surface area contributed by atoms with Crippen LogP contribution in [0, 0.1) is 11.3 Å². The van der Waals surface area contributed by atoms with E-state index in [0.717, 1.165) is 12.0 Å². The van der Waals surface area contributed by atoms with Gasteiger partial charge in [0.1, 0.15) is 18.7 Å². The second-order valence-electron chi connectivity index (χ2n) is 12.5. The van der Waals surface area contributed by atoms with E-state index in [9.17, 15) is 28.8 Å². The summed E-state index contributed by atoms with van der Waals surface area (Å²) < 4.78 is 4.97. The molecule has 3 atom stereocenters. The second-order valence-corrected chi connectivity index (χ2v) is 12.5. The molecule has 1 aromatic rings. The number of nitrogens with two attached hydrogens (primary N) is 2. The zero-order valence-electron chi connectivity index (χ0n) is 27.3. The molecule has 0 aromatic heterocycles. The van der Waals surface area contributed by atoms with Crippen molar-refractivity contribution < 1.29 is 33.5 Å². The van der Waals surface area contributed by atoms with Crippen molar-refractivity contribution in [3.63, 3.8) is 0 Å². The fourth-order valence-corrected chi connectivity index (χ4v) is 4.04. The van der Waals surface area contributed by atoms with E-state index in [1.807, 2.05) is 0 Å². The molecule has 14 nitrogen and oxygen atoms in total. The van der Waals surface area contributed by atoms with Gasteiger partial charge in [-0.25, -0.2) is 4.79 Å². The number of urea groups is 1. The average Bonchev–Trinajstić information content (AvgIpc) is 2.94. The summed E-state index contributed by atoms with van der Waals surface area (Å²) in [5.74, 6) is -2.61. The smallest absolute Gasteiger partial charge is 0.312 e. The molecule has 252 valence electrons. The predicted octanol–water partition coefficient (Wildman–Crippen LogP) is 1.42. The number of esters is 1. The van der Waals surface area contributed by atoms with E-state index in [2.05, 4.69) is 47.4 Å². The van der Waals surface area contributed by atoms with Crippen LogP contribution in [0.5, 0.6) is 0 Å². The molecule has 0 saturated carbocycles. The summed E-state index contributed by atoms with van der Waals surface area (Å²) in [6.07, 6.45) is 1.30. The van der Waals surface area contributed by atoms with Crippen LogP contribution < -0.4 is 38.1 Å². The van der Waals surface area contributed by atoms with Crippen LogP contribution in [0.3, 0.4) is 0 Å². The lowest BCUT2D eigenvalue weighted by molar-refractivity contribution is -0.142. The van der Waals surface area contributed by atoms with Crippen molar-refractivity contribution in [2.45, 2.75) is 98.4 Å². The highest BCUT2D eigenvalue weighted by Gasteiger charge is 2.29. The van der Waals surface area contributed by atoms with Crippen LogP contribution in [0.1, 0.15) is 79.2 Å². The Balaban J connectivity index is 2.83. The molecule has 1 aromatic carbocycles. The number of amides is 6. The van der Waals surface area contributed by atoms with Gasteiger partial charge in [0.05, 0.1) is 6.04 Å². The minimum Gasteiger partial charge on any atom is -0.461 e. The first-order chi connectivity index (χ1) is 21.0. The minimum atomic E-state index is -1.00. The van der Waals surface area contributed by atoms with Crippen molar-refractivity contribution in [2.24, 2.45) is 22.8 Å². The third kappa shape index (κ3) is 17.0. The van der Waals surface area contributed by atoms with E-state index in [1.54, 1.807) is 38.1 Å². The summed E-state index contributed by atoms with van der Waals surface area (Å²) in [6.45, 7) is 11.8. The van der Waals surface area contributed by atoms with Gasteiger partial charge in [0.2, 0.25) is 23.6 Å². The Morgan fingerprint density at radius 1 is 0.867 bits per heavy atom. The van der Waals surface area contributed by atoms with Gasteiger partial charge in [0.15, 0.2) is 0 Å². The van der Waals surface area contributed by atoms with Gasteiger partial charge in [-0.05, 0) is 54.7 Å². The number of benzene rings is 1. The van der Waals surface area contributed by atoms with Gasteiger partial charge in [0.25, 0.3) is 0 Å². The maximum Gasteiger partial charge on any atom is 0.312 e. The van der Waals surface area contributed by atoms with E-state index in [0.29, 0.717) is 18.7 Å². The summed E-state index contributed by atoms with van der Waals surface area (Å²) in [5.41, 5.74) is 12.3. The van der Waals surface area contributed by atoms with E-state index in [-0.39, 0.29) is 49.7 Å². The van der Waals surface area contributed by atoms with Crippen LogP contribution in [-0.4, -0.2) is 66.8 Å². The minimum absolute atomic E-state index is 0.0583. The van der Waals surface area contributed by atoms with Crippen molar-refractivity contribution in [3.8, 4) is 0 Å². The molecule has 0 heterocycles. The third-order valence-electron chi connectivity index (χ3n) is 6.72. The van der Waals surface area contributed by atoms with Crippen molar-refractivity contribution in [3.05, 3.63) is 29.8 Å². The molecular formula is C31H51N7O7. The SMILES string of the molecule is CC(=O)OCc1ccc(NC(=O)[C@H](CCCNC(N)=O)NC(=O)[C@@H](NC(=O)CC[C@@H](N)C(=O)NCCC(C)(C)C)C(C)C)cc1. The highest BCUT2D eigenvalue weighted by atomic mass is 16.5. The first-order valence-corrected chi connectivity index (χ1v) is 15.2. The highest BCUT2D eigenvalue weighted by Crippen LogP contribution is 2.17. The highest BCUT2D eigenvalue weighted by molar-refractivity contribution is 5.98. The molecule has 14 heteroatoms. The number of rotatable bonds is 18. The zero-order chi connectivity index (χ0) is 34.2. The first kappa shape index (κ1) is 38.8. The number of primary amides is 1. The van der Waals surface area contributed by atoms with Crippen molar-refractivity contribution in [2.75, 3.05) is 18.4 Å². The number of carbonyl (C=O) groups excluding carboxylic acids is 6. The summed E-state index contributed by atoms with van der Waals surface area (Å²) in [5, 5.41) is 13.4. The number of nitrogens with one attached hydrogen (secondary N) is 5. The van der Waals surface area contributed by atoms with Gasteiger partial charge in [-0.3, -0.25) is 24.0 Å². The topological polar surface area (TPSA) is 224 Å². The third-order valence-corrected chi connectivity index (χ3v) is 6.72. The summed E-state index contributed by atoms with van der Waals surface area (Å²) in [7, 11) is 0. The Hall–Kier alpha value is -4.20. The van der Waals surface area contributed by atoms with Crippen LogP contribution in [-0.2, 0) is 35.3 Å². The number of carbonyl (C=O) groups is 6. The van der Waals surface area contributed by atoms with Gasteiger partial charge >= 0.3 is 12.0 Å². The van der Waals surface area contributed by atoms with Gasteiger partial charge in [-0.1, -0.05) is 46.8 Å². The van der Waals surface area contributed by atoms with E-state index in [1.165, 1.54) is 6.92 Å². The zero-order valence-corrected chi connectivity index (χ0v) is 27.3. The monoisotopic (exact) mass is 633 g/mol. The molecule has 0 unspecified atom stereocenters. The largest absolute Gasteiger partial charge is 0.461 e. The van der Waals surface area contributed by atoms with Crippen molar-refractivity contribution in [1.29, 1.82) is 0 Å². The molecule has 0 spiro atoms. The fraction of sp³-hybridized carbons (Fsp3) is 0.613. The maximum absolute atomic E-state index is 13.3. The summed E-state index contributed by atoms with van der Waals surface area (Å²) >= 11 is 0. The molecule has 0 aliphatic heterocycles. The van der Waals surface area contributed by atoms with Crippen LogP contribution >= 0.6 is 0 Å². The summed E-state index contributed by atoms with van der Waals surface area (Å²) in [4.78, 5) is 73.7. The lowest BCUT2D eigenvalue weighted by atomic mass is 9.92. The standard InChI is InChI=1S/C31H51N7O7/c1-19(2)26(38-25(40)14-13-23(32)27(41)34-17-15-31(4,5)6)29(43)37-24(8-7-16-35-30(33)44)28(42)36-22-11-9-21(10-12-22)18-45-20(3)39/h9-12,19,23-24,26H,7-8,13-18,32H2,1-6H3,(H,34,41)(H,36,42)(H,37,43)(H,38,40)(H3,33,35,44)/t23-,24+,26+/m1/s1.